The van der Waals surface area contributed by atoms with Gasteiger partial charge in [0.1, 0.15) is 0 Å². The third-order valence-electron chi connectivity index (χ3n) is 0. The third-order valence-corrected chi connectivity index (χ3v) is 0. The standard InChI is InChI=1S/C3H8.3C2H6.3CH4.H3N.Y.H2/c1-3-2;3*1-2;;;;;;/h3H2,1-2H3;3*1-2H3;3*1H4;1H3;;1H/i;;;;;;;;;1+1. The fourth-order valence-electron chi connectivity index (χ4n) is 0. The molecule has 0 fully saturated rings. The molecule has 0 aromatic carbocycles. The van der Waals surface area contributed by atoms with Crippen LogP contribution in [0.4, 0.5) is 0 Å². The van der Waals surface area contributed by atoms with E-state index in [1.54, 1.807) is 0 Å². The maximum absolute atomic E-state index is 2.12. The van der Waals surface area contributed by atoms with Gasteiger partial charge in [0.15, 0.2) is 0 Å². The molecule has 0 aliphatic carbocycles. The first-order valence-corrected chi connectivity index (χ1v) is 4.41. The minimum Gasteiger partial charge on any atom is -0.344 e. The van der Waals surface area contributed by atoms with Gasteiger partial charge in [-0.05, 0) is 0 Å². The van der Waals surface area contributed by atoms with E-state index >= 15 is 0 Å². The molecule has 0 aromatic rings. The van der Waals surface area contributed by atoms with Crippen LogP contribution >= 0.6 is 0 Å². The summed E-state index contributed by atoms with van der Waals surface area (Å²) >= 11 is 0. The Balaban J connectivity index is -0.00000000248. The molecule has 14 heavy (non-hydrogen) atoms. The van der Waals surface area contributed by atoms with E-state index in [9.17, 15) is 0 Å². The molecule has 0 rings (SSSR count). The van der Waals surface area contributed by atoms with Crippen LogP contribution in [-0.4, -0.2) is 0 Å². The summed E-state index contributed by atoms with van der Waals surface area (Å²) in [6.07, 6.45) is 1.25. The van der Waals surface area contributed by atoms with Gasteiger partial charge in [0, 0.05) is 34.1 Å². The average molecular weight is 291 g/mol. The first-order valence-electron chi connectivity index (χ1n) is 4.41. The second kappa shape index (κ2) is 563. The van der Waals surface area contributed by atoms with Crippen LogP contribution in [0.15, 0.2) is 0 Å². The van der Waals surface area contributed by atoms with E-state index in [0.717, 1.165) is 0 Å². The van der Waals surface area contributed by atoms with Crippen molar-refractivity contribution in [2.24, 2.45) is 0 Å². The zero-order valence-corrected chi connectivity index (χ0v) is 12.8. The van der Waals surface area contributed by atoms with Gasteiger partial charge in [-0.15, -0.1) is 0 Å². The van der Waals surface area contributed by atoms with Gasteiger partial charge in [-0.1, -0.05) is 84.1 Å². The average Bonchev–Trinajstić information content (AvgIpc) is 2.01. The summed E-state index contributed by atoms with van der Waals surface area (Å²) in [6.45, 7) is 16.2. The Morgan fingerprint density at radius 2 is 0.643 bits per heavy atom. The van der Waals surface area contributed by atoms with Crippen molar-refractivity contribution in [2.45, 2.75) is 84.1 Å². The van der Waals surface area contributed by atoms with Crippen molar-refractivity contribution in [3.05, 3.63) is 0 Å². The van der Waals surface area contributed by atoms with Crippen LogP contribution in [0.2, 0.25) is 0 Å². The van der Waals surface area contributed by atoms with E-state index in [1.165, 1.54) is 6.42 Å². The Bertz CT molecular complexity index is 15.6. The molecule has 0 aromatic heterocycles. The molecule has 0 saturated carbocycles. The first kappa shape index (κ1) is 81.0. The number of hydrogen-bond acceptors (Lipinski definition) is 1. The SMILES string of the molecule is C.C.C.CC.CC.CC.CCC.N.[2HH].[Y]. The van der Waals surface area contributed by atoms with Crippen LogP contribution in [0, 0.1) is 0 Å². The molecule has 2 heteroatoms. The van der Waals surface area contributed by atoms with E-state index in [0.29, 0.717) is 0 Å². The zero-order valence-electron chi connectivity index (χ0n) is 9.99. The van der Waals surface area contributed by atoms with Gasteiger partial charge >= 0.3 is 0 Å². The Morgan fingerprint density at radius 1 is 0.643 bits per heavy atom. The van der Waals surface area contributed by atoms with Gasteiger partial charge in [-0.25, -0.2) is 0 Å². The van der Waals surface area contributed by atoms with Crippen LogP contribution in [-0.2, 0) is 32.7 Å². The normalized spacial score (nSPS) is 2.57. The molecule has 0 saturated heterocycles. The Hall–Kier alpha value is 1.06. The van der Waals surface area contributed by atoms with Crippen molar-refractivity contribution in [1.29, 1.82) is 0 Å². The molecule has 1 nitrogen and oxygen atoms in total. The molecule has 0 spiro atoms. The molecule has 0 bridgehead atoms. The molecule has 1 radical (unpaired) electrons. The Kier molecular flexibility index (Phi) is 3260. The molecular weight excluding hydrogens is 247 g/mol. The summed E-state index contributed by atoms with van der Waals surface area (Å²) in [6, 6.07) is 0. The molecule has 3 N–H and O–H groups in total. The molecule has 0 unspecified atom stereocenters. The zero-order chi connectivity index (χ0) is 8.71. The smallest absolute Gasteiger partial charge is 0 e. The molecule has 0 heterocycles. The maximum Gasteiger partial charge on any atom is 0 e. The summed E-state index contributed by atoms with van der Waals surface area (Å²) in [5.41, 5.74) is 0. The van der Waals surface area contributed by atoms with Crippen molar-refractivity contribution in [3.8, 4) is 0 Å². The summed E-state index contributed by atoms with van der Waals surface area (Å²) < 4.78 is 0. The van der Waals surface area contributed by atoms with Crippen molar-refractivity contribution in [1.82, 2.24) is 6.15 Å². The van der Waals surface area contributed by atoms with E-state index < -0.39 is 0 Å². The van der Waals surface area contributed by atoms with Gasteiger partial charge in [0.05, 0.1) is 0 Å². The monoisotopic (exact) mass is 291 g/mol. The predicted molar refractivity (Wildman–Crippen MR) is 77.3 cm³/mol. The van der Waals surface area contributed by atoms with E-state index in [2.05, 4.69) is 13.8 Å². The van der Waals surface area contributed by atoms with Gasteiger partial charge in [0.25, 0.3) is 0 Å². The van der Waals surface area contributed by atoms with Crippen molar-refractivity contribution < 1.29 is 34.1 Å². The van der Waals surface area contributed by atoms with E-state index in [4.69, 9.17) is 0 Å². The van der Waals surface area contributed by atoms with Crippen molar-refractivity contribution in [3.63, 3.8) is 0 Å². The fourth-order valence-corrected chi connectivity index (χ4v) is 0. The number of rotatable bonds is 0. The largest absolute Gasteiger partial charge is 0.344 e. The Labute approximate surface area is 124 Å². The van der Waals surface area contributed by atoms with E-state index in [-0.39, 0.29) is 62.6 Å². The van der Waals surface area contributed by atoms with Crippen LogP contribution in [0.3, 0.4) is 0 Å². The van der Waals surface area contributed by atoms with Crippen LogP contribution in [0.25, 0.3) is 0 Å². The van der Waals surface area contributed by atoms with Crippen LogP contribution < -0.4 is 6.15 Å². The first-order chi connectivity index (χ1) is 4.41. The molecule has 99 valence electrons. The summed E-state index contributed by atoms with van der Waals surface area (Å²) in [5, 5.41) is 0. The van der Waals surface area contributed by atoms with E-state index in [1.807, 2.05) is 41.5 Å². The molecule has 0 aliphatic rings. The van der Waals surface area contributed by atoms with Crippen LogP contribution in [0.1, 0.15) is 85.5 Å². The van der Waals surface area contributed by atoms with Crippen LogP contribution in [0.5, 0.6) is 0 Å². The second-order valence-electron chi connectivity index (χ2n) is 0.707. The van der Waals surface area contributed by atoms with Gasteiger partial charge < -0.3 is 6.15 Å². The topological polar surface area (TPSA) is 35.0 Å². The van der Waals surface area contributed by atoms with Crippen molar-refractivity contribution >= 4 is 0 Å². The van der Waals surface area contributed by atoms with Crippen molar-refractivity contribution in [2.75, 3.05) is 0 Å². The molecular formula is C12H43NY. The van der Waals surface area contributed by atoms with Gasteiger partial charge in [-0.3, -0.25) is 0 Å². The summed E-state index contributed by atoms with van der Waals surface area (Å²) in [5.74, 6) is 0. The molecule has 0 atom stereocenters. The molecule has 0 amide bonds. The maximum atomic E-state index is 2.12. The Morgan fingerprint density at radius 3 is 0.643 bits per heavy atom. The molecule has 0 aliphatic heterocycles. The quantitative estimate of drug-likeness (QED) is 0.522. The third kappa shape index (κ3) is 1680. The van der Waals surface area contributed by atoms with Gasteiger partial charge in [-0.2, -0.15) is 0 Å². The second-order valence-corrected chi connectivity index (χ2v) is 0.707. The summed E-state index contributed by atoms with van der Waals surface area (Å²) in [7, 11) is 0. The fraction of sp³-hybridized carbons (Fsp3) is 1.00. The number of hydrogen-bond donors (Lipinski definition) is 1. The van der Waals surface area contributed by atoms with Gasteiger partial charge in [0.2, 0.25) is 0 Å². The minimum atomic E-state index is 0. The minimum absolute atomic E-state index is 0. The summed E-state index contributed by atoms with van der Waals surface area (Å²) in [4.78, 5) is 0. The predicted octanol–water partition coefficient (Wildman–Crippen LogP) is 6.81.